The maximum absolute atomic E-state index is 12.6. The van der Waals surface area contributed by atoms with Gasteiger partial charge in [0, 0.05) is 17.0 Å². The Morgan fingerprint density at radius 3 is 2.52 bits per heavy atom. The van der Waals surface area contributed by atoms with Gasteiger partial charge in [0.1, 0.15) is 29.5 Å². The molecule has 0 fully saturated rings. The minimum Gasteiger partial charge on any atom is -0.489 e. The zero-order valence-electron chi connectivity index (χ0n) is 17.9. The number of pyridine rings is 1. The number of aliphatic carboxylic acids is 1. The van der Waals surface area contributed by atoms with Crippen LogP contribution in [0.25, 0.3) is 10.9 Å². The number of ether oxygens (including phenoxy) is 3. The van der Waals surface area contributed by atoms with Gasteiger partial charge in [0.15, 0.2) is 6.61 Å². The summed E-state index contributed by atoms with van der Waals surface area (Å²) in [6.45, 7) is 1.55. The first-order chi connectivity index (χ1) is 16.0. The maximum Gasteiger partial charge on any atom is 0.362 e. The molecule has 0 atom stereocenters. The van der Waals surface area contributed by atoms with Crippen LogP contribution in [0, 0.1) is 6.92 Å². The van der Waals surface area contributed by atoms with Crippen molar-refractivity contribution >= 4 is 22.8 Å². The molecule has 7 nitrogen and oxygen atoms in total. The SMILES string of the molecule is Cc1cccc(COc2cccc(OC(=O)c3ccc4ccccc4n3)c2)c1OCC(=O)O. The molecular weight excluding hydrogens is 422 g/mol. The number of hydrogen-bond acceptors (Lipinski definition) is 6. The Bertz CT molecular complexity index is 1320. The van der Waals surface area contributed by atoms with E-state index in [1.165, 1.54) is 0 Å². The molecule has 0 saturated heterocycles. The zero-order valence-corrected chi connectivity index (χ0v) is 17.9. The summed E-state index contributed by atoms with van der Waals surface area (Å²) in [6.07, 6.45) is 0. The second-order valence-electron chi connectivity index (χ2n) is 7.29. The van der Waals surface area contributed by atoms with E-state index in [-0.39, 0.29) is 12.3 Å². The third-order valence-corrected chi connectivity index (χ3v) is 4.85. The predicted molar refractivity (Wildman–Crippen MR) is 122 cm³/mol. The third kappa shape index (κ3) is 5.46. The van der Waals surface area contributed by atoms with Crippen molar-refractivity contribution in [3.05, 3.63) is 95.7 Å². The summed E-state index contributed by atoms with van der Waals surface area (Å²) >= 11 is 0. The van der Waals surface area contributed by atoms with Crippen molar-refractivity contribution in [3.63, 3.8) is 0 Å². The number of hydrogen-bond donors (Lipinski definition) is 1. The lowest BCUT2D eigenvalue weighted by atomic mass is 10.1. The standard InChI is InChI=1S/C26H21NO6/c1-17-6-4-8-19(25(17)32-16-24(28)29)15-31-20-9-5-10-21(14-20)33-26(30)23-13-12-18-7-2-3-11-22(18)27-23/h2-14H,15-16H2,1H3,(H,28,29). The quantitative estimate of drug-likeness (QED) is 0.309. The molecule has 0 bridgehead atoms. The Morgan fingerprint density at radius 1 is 0.879 bits per heavy atom. The van der Waals surface area contributed by atoms with Crippen LogP contribution in [0.2, 0.25) is 0 Å². The Morgan fingerprint density at radius 2 is 1.67 bits per heavy atom. The number of fused-ring (bicyclic) bond motifs is 1. The molecule has 0 aliphatic rings. The zero-order chi connectivity index (χ0) is 23.2. The molecule has 7 heteroatoms. The summed E-state index contributed by atoms with van der Waals surface area (Å²) in [4.78, 5) is 27.8. The van der Waals surface area contributed by atoms with E-state index in [9.17, 15) is 9.59 Å². The van der Waals surface area contributed by atoms with Gasteiger partial charge in [-0.05, 0) is 36.8 Å². The first-order valence-electron chi connectivity index (χ1n) is 10.2. The van der Waals surface area contributed by atoms with Crippen LogP contribution in [0.5, 0.6) is 17.2 Å². The number of nitrogens with zero attached hydrogens (tertiary/aromatic N) is 1. The topological polar surface area (TPSA) is 95.0 Å². The van der Waals surface area contributed by atoms with Crippen LogP contribution < -0.4 is 14.2 Å². The van der Waals surface area contributed by atoms with Gasteiger partial charge >= 0.3 is 11.9 Å². The van der Waals surface area contributed by atoms with E-state index >= 15 is 0 Å². The molecule has 33 heavy (non-hydrogen) atoms. The summed E-state index contributed by atoms with van der Waals surface area (Å²) in [5.41, 5.74) is 2.44. The molecule has 0 unspecified atom stereocenters. The average molecular weight is 443 g/mol. The van der Waals surface area contributed by atoms with E-state index in [1.807, 2.05) is 49.4 Å². The number of carboxylic acid groups (broad SMARTS) is 1. The number of carboxylic acids is 1. The van der Waals surface area contributed by atoms with Gasteiger partial charge in [-0.2, -0.15) is 0 Å². The lowest BCUT2D eigenvalue weighted by Crippen LogP contribution is -2.12. The monoisotopic (exact) mass is 443 g/mol. The second kappa shape index (κ2) is 9.82. The minimum absolute atomic E-state index is 0.153. The predicted octanol–water partition coefficient (Wildman–Crippen LogP) is 4.80. The highest BCUT2D eigenvalue weighted by Gasteiger charge is 2.13. The number of carbonyl (C=O) groups is 2. The fraction of sp³-hybridized carbons (Fsp3) is 0.115. The Hall–Kier alpha value is -4.39. The van der Waals surface area contributed by atoms with E-state index in [1.54, 1.807) is 36.4 Å². The molecule has 3 aromatic carbocycles. The minimum atomic E-state index is -1.06. The van der Waals surface area contributed by atoms with Gasteiger partial charge in [0.25, 0.3) is 0 Å². The first-order valence-corrected chi connectivity index (χ1v) is 10.2. The van der Waals surface area contributed by atoms with Gasteiger partial charge in [0.05, 0.1) is 5.52 Å². The van der Waals surface area contributed by atoms with E-state index in [0.29, 0.717) is 28.3 Å². The molecule has 1 heterocycles. The van der Waals surface area contributed by atoms with Crippen molar-refractivity contribution < 1.29 is 28.9 Å². The van der Waals surface area contributed by atoms with Crippen molar-refractivity contribution in [1.82, 2.24) is 4.98 Å². The summed E-state index contributed by atoms with van der Waals surface area (Å²) in [5.74, 6) is -0.345. The van der Waals surface area contributed by atoms with Crippen LogP contribution >= 0.6 is 0 Å². The second-order valence-corrected chi connectivity index (χ2v) is 7.29. The smallest absolute Gasteiger partial charge is 0.362 e. The number of esters is 1. The van der Waals surface area contributed by atoms with Crippen molar-refractivity contribution in [2.75, 3.05) is 6.61 Å². The van der Waals surface area contributed by atoms with Crippen molar-refractivity contribution in [1.29, 1.82) is 0 Å². The van der Waals surface area contributed by atoms with E-state index in [0.717, 1.165) is 10.9 Å². The lowest BCUT2D eigenvalue weighted by Gasteiger charge is -2.14. The van der Waals surface area contributed by atoms with Crippen molar-refractivity contribution in [3.8, 4) is 17.2 Å². The van der Waals surface area contributed by atoms with E-state index in [2.05, 4.69) is 4.98 Å². The van der Waals surface area contributed by atoms with Gasteiger partial charge < -0.3 is 19.3 Å². The Kier molecular flexibility index (Phi) is 6.50. The number of aromatic nitrogens is 1. The summed E-state index contributed by atoms with van der Waals surface area (Å²) in [7, 11) is 0. The van der Waals surface area contributed by atoms with E-state index in [4.69, 9.17) is 19.3 Å². The lowest BCUT2D eigenvalue weighted by molar-refractivity contribution is -0.139. The third-order valence-electron chi connectivity index (χ3n) is 4.85. The van der Waals surface area contributed by atoms with Crippen molar-refractivity contribution in [2.24, 2.45) is 0 Å². The number of rotatable bonds is 8. The highest BCUT2D eigenvalue weighted by molar-refractivity contribution is 5.92. The number of para-hydroxylation sites is 2. The Balaban J connectivity index is 1.44. The Labute approximate surface area is 190 Å². The van der Waals surface area contributed by atoms with Gasteiger partial charge in [0.2, 0.25) is 0 Å². The summed E-state index contributed by atoms with van der Waals surface area (Å²) < 4.78 is 16.7. The van der Waals surface area contributed by atoms with Gasteiger partial charge in [-0.3, -0.25) is 0 Å². The maximum atomic E-state index is 12.6. The van der Waals surface area contributed by atoms with Gasteiger partial charge in [-0.15, -0.1) is 0 Å². The van der Waals surface area contributed by atoms with Crippen LogP contribution in [0.4, 0.5) is 0 Å². The molecule has 4 aromatic rings. The molecule has 0 spiro atoms. The fourth-order valence-corrected chi connectivity index (χ4v) is 3.29. The molecule has 0 amide bonds. The van der Waals surface area contributed by atoms with Crippen LogP contribution in [0.1, 0.15) is 21.6 Å². The molecule has 166 valence electrons. The highest BCUT2D eigenvalue weighted by Crippen LogP contribution is 2.27. The van der Waals surface area contributed by atoms with Crippen LogP contribution in [-0.2, 0) is 11.4 Å². The van der Waals surface area contributed by atoms with Gasteiger partial charge in [-0.25, -0.2) is 14.6 Å². The fourth-order valence-electron chi connectivity index (χ4n) is 3.29. The highest BCUT2D eigenvalue weighted by atomic mass is 16.5. The average Bonchev–Trinajstić information content (AvgIpc) is 2.82. The normalized spacial score (nSPS) is 10.6. The van der Waals surface area contributed by atoms with Crippen molar-refractivity contribution in [2.45, 2.75) is 13.5 Å². The van der Waals surface area contributed by atoms with E-state index < -0.39 is 18.5 Å². The van der Waals surface area contributed by atoms with Gasteiger partial charge in [-0.1, -0.05) is 48.5 Å². The van der Waals surface area contributed by atoms with Crippen LogP contribution in [0.15, 0.2) is 78.9 Å². The number of carbonyl (C=O) groups excluding carboxylic acids is 1. The largest absolute Gasteiger partial charge is 0.489 e. The summed E-state index contributed by atoms with van der Waals surface area (Å²) in [6, 6.07) is 23.2. The summed E-state index contributed by atoms with van der Waals surface area (Å²) in [5, 5.41) is 9.84. The molecule has 0 aliphatic carbocycles. The first kappa shape index (κ1) is 21.8. The molecule has 4 rings (SSSR count). The molecule has 0 radical (unpaired) electrons. The van der Waals surface area contributed by atoms with Crippen LogP contribution in [0.3, 0.4) is 0 Å². The molecule has 0 aliphatic heterocycles. The number of aryl methyl sites for hydroxylation is 1. The van der Waals surface area contributed by atoms with Crippen LogP contribution in [-0.4, -0.2) is 28.6 Å². The molecular formula is C26H21NO6. The number of benzene rings is 3. The molecule has 1 aromatic heterocycles. The molecule has 0 saturated carbocycles. The molecule has 1 N–H and O–H groups in total.